The predicted octanol–water partition coefficient (Wildman–Crippen LogP) is 3.36. The fourth-order valence-corrected chi connectivity index (χ4v) is 4.95. The zero-order chi connectivity index (χ0) is 28.0. The Labute approximate surface area is 220 Å². The molecule has 1 aliphatic rings. The van der Waals surface area contributed by atoms with Crippen molar-refractivity contribution in [3.05, 3.63) is 52.6 Å². The molecule has 0 radical (unpaired) electrons. The highest BCUT2D eigenvalue weighted by Gasteiger charge is 2.51. The number of esters is 3. The highest BCUT2D eigenvalue weighted by atomic mass is 16.7. The van der Waals surface area contributed by atoms with Gasteiger partial charge in [-0.05, 0) is 19.1 Å². The number of rotatable bonds is 5. The number of non-ortho nitro benzene ring substituents is 1. The van der Waals surface area contributed by atoms with E-state index in [1.807, 2.05) is 12.1 Å². The van der Waals surface area contributed by atoms with Crippen molar-refractivity contribution in [1.29, 1.82) is 0 Å². The van der Waals surface area contributed by atoms with Gasteiger partial charge in [0, 0.05) is 38.3 Å². The van der Waals surface area contributed by atoms with E-state index in [0.29, 0.717) is 27.6 Å². The van der Waals surface area contributed by atoms with Gasteiger partial charge >= 0.3 is 17.9 Å². The SMILES string of the molecule is CC(=O)O[C@@H]1[C@@H](OC(C)=O)[C@H](C)O[C@H](n2c3ccccc3c3nc4ccc([N+](=O)[O-])cc4nc32)[C@@H]1OC(C)=O. The van der Waals surface area contributed by atoms with Crippen LogP contribution in [0.1, 0.15) is 33.9 Å². The van der Waals surface area contributed by atoms with E-state index in [4.69, 9.17) is 28.9 Å². The van der Waals surface area contributed by atoms with E-state index in [-0.39, 0.29) is 11.2 Å². The third-order valence-corrected chi connectivity index (χ3v) is 6.39. The van der Waals surface area contributed by atoms with Crippen LogP contribution >= 0.6 is 0 Å². The average molecular weight is 536 g/mol. The Balaban J connectivity index is 1.77. The van der Waals surface area contributed by atoms with Crippen molar-refractivity contribution in [2.45, 2.75) is 58.3 Å². The summed E-state index contributed by atoms with van der Waals surface area (Å²) in [7, 11) is 0. The number of nitro benzene ring substituents is 1. The number of nitrogens with zero attached hydrogens (tertiary/aromatic N) is 4. The Hall–Kier alpha value is -4.65. The van der Waals surface area contributed by atoms with Crippen molar-refractivity contribution in [1.82, 2.24) is 14.5 Å². The van der Waals surface area contributed by atoms with Crippen LogP contribution in [0.3, 0.4) is 0 Å². The lowest BCUT2D eigenvalue weighted by molar-refractivity contribution is -0.384. The van der Waals surface area contributed by atoms with Gasteiger partial charge in [-0.1, -0.05) is 18.2 Å². The van der Waals surface area contributed by atoms with Gasteiger partial charge in [0.25, 0.3) is 5.69 Å². The summed E-state index contributed by atoms with van der Waals surface area (Å²) in [5.74, 6) is -2.00. The third kappa shape index (κ3) is 4.72. The molecule has 1 fully saturated rings. The molecule has 0 saturated carbocycles. The van der Waals surface area contributed by atoms with Crippen LogP contribution in [0.5, 0.6) is 0 Å². The molecule has 3 heterocycles. The largest absolute Gasteiger partial charge is 0.456 e. The molecule has 1 saturated heterocycles. The molecule has 13 heteroatoms. The molecule has 0 unspecified atom stereocenters. The number of carbonyl (C=O) groups is 3. The number of fused-ring (bicyclic) bond motifs is 4. The van der Waals surface area contributed by atoms with E-state index >= 15 is 0 Å². The van der Waals surface area contributed by atoms with Gasteiger partial charge in [-0.3, -0.25) is 29.1 Å². The number of carbonyl (C=O) groups excluding carboxylic acids is 3. The van der Waals surface area contributed by atoms with Gasteiger partial charge < -0.3 is 18.9 Å². The minimum absolute atomic E-state index is 0.154. The maximum atomic E-state index is 12.2. The summed E-state index contributed by atoms with van der Waals surface area (Å²) < 4.78 is 24.6. The van der Waals surface area contributed by atoms with Crippen molar-refractivity contribution in [3.8, 4) is 0 Å². The van der Waals surface area contributed by atoms with Crippen LogP contribution in [0.4, 0.5) is 5.69 Å². The Morgan fingerprint density at radius 3 is 2.21 bits per heavy atom. The minimum atomic E-state index is -1.26. The number of hydrogen-bond acceptors (Lipinski definition) is 11. The van der Waals surface area contributed by atoms with Crippen LogP contribution in [0.15, 0.2) is 42.5 Å². The monoisotopic (exact) mass is 536 g/mol. The molecule has 4 aromatic rings. The van der Waals surface area contributed by atoms with Gasteiger partial charge in [0.1, 0.15) is 5.52 Å². The summed E-state index contributed by atoms with van der Waals surface area (Å²) in [5.41, 5.74) is 1.94. The number of nitro groups is 1. The summed E-state index contributed by atoms with van der Waals surface area (Å²) in [4.78, 5) is 56.5. The van der Waals surface area contributed by atoms with Crippen molar-refractivity contribution in [2.75, 3.05) is 0 Å². The zero-order valence-electron chi connectivity index (χ0n) is 21.4. The lowest BCUT2D eigenvalue weighted by Gasteiger charge is -2.44. The van der Waals surface area contributed by atoms with Crippen molar-refractivity contribution in [2.24, 2.45) is 0 Å². The van der Waals surface area contributed by atoms with Gasteiger partial charge in [0.2, 0.25) is 0 Å². The molecule has 0 amide bonds. The van der Waals surface area contributed by atoms with Gasteiger partial charge in [0.15, 0.2) is 30.2 Å². The quantitative estimate of drug-likeness (QED) is 0.159. The van der Waals surface area contributed by atoms with Crippen molar-refractivity contribution >= 4 is 56.7 Å². The molecule has 0 aliphatic carbocycles. The van der Waals surface area contributed by atoms with Gasteiger partial charge in [-0.2, -0.15) is 0 Å². The summed E-state index contributed by atoms with van der Waals surface area (Å²) in [6.45, 7) is 5.23. The van der Waals surface area contributed by atoms with E-state index in [0.717, 1.165) is 0 Å². The van der Waals surface area contributed by atoms with E-state index < -0.39 is 53.5 Å². The molecular formula is C26H24N4O9. The number of aromatic nitrogens is 3. The molecule has 0 spiro atoms. The van der Waals surface area contributed by atoms with Gasteiger partial charge in [0.05, 0.1) is 27.6 Å². The summed E-state index contributed by atoms with van der Waals surface area (Å²) in [6.07, 6.45) is -5.45. The fourth-order valence-electron chi connectivity index (χ4n) is 4.95. The molecule has 13 nitrogen and oxygen atoms in total. The average Bonchev–Trinajstić information content (AvgIpc) is 3.18. The number of ether oxygens (including phenoxy) is 4. The summed E-state index contributed by atoms with van der Waals surface area (Å²) in [5, 5.41) is 12.1. The predicted molar refractivity (Wildman–Crippen MR) is 135 cm³/mol. The van der Waals surface area contributed by atoms with Crippen LogP contribution in [-0.4, -0.2) is 61.8 Å². The highest BCUT2D eigenvalue weighted by Crippen LogP contribution is 2.39. The first-order chi connectivity index (χ1) is 18.5. The normalized spacial score (nSPS) is 23.0. The number of hydrogen-bond donors (Lipinski definition) is 0. The number of para-hydroxylation sites is 1. The zero-order valence-corrected chi connectivity index (χ0v) is 21.4. The van der Waals surface area contributed by atoms with Crippen LogP contribution in [-0.2, 0) is 33.3 Å². The molecule has 0 bridgehead atoms. The van der Waals surface area contributed by atoms with Crippen LogP contribution in [0.25, 0.3) is 33.1 Å². The Bertz CT molecular complexity index is 1650. The molecule has 5 atom stereocenters. The maximum Gasteiger partial charge on any atom is 0.303 e. The third-order valence-electron chi connectivity index (χ3n) is 6.39. The van der Waals surface area contributed by atoms with E-state index in [2.05, 4.69) is 0 Å². The highest BCUT2D eigenvalue weighted by molar-refractivity contribution is 6.06. The van der Waals surface area contributed by atoms with Gasteiger partial charge in [-0.25, -0.2) is 9.97 Å². The molecule has 2 aromatic carbocycles. The maximum absolute atomic E-state index is 12.2. The minimum Gasteiger partial charge on any atom is -0.456 e. The smallest absolute Gasteiger partial charge is 0.303 e. The van der Waals surface area contributed by atoms with Crippen molar-refractivity contribution in [3.63, 3.8) is 0 Å². The van der Waals surface area contributed by atoms with E-state index in [1.165, 1.54) is 39.0 Å². The Kier molecular flexibility index (Phi) is 6.60. The summed E-state index contributed by atoms with van der Waals surface area (Å²) >= 11 is 0. The van der Waals surface area contributed by atoms with E-state index in [9.17, 15) is 24.5 Å². The summed E-state index contributed by atoms with van der Waals surface area (Å²) in [6, 6.07) is 11.4. The topological polar surface area (TPSA) is 162 Å². The molecule has 1 aliphatic heterocycles. The first kappa shape index (κ1) is 26.0. The fraction of sp³-hybridized carbons (Fsp3) is 0.346. The van der Waals surface area contributed by atoms with Gasteiger partial charge in [-0.15, -0.1) is 0 Å². The Morgan fingerprint density at radius 2 is 1.54 bits per heavy atom. The van der Waals surface area contributed by atoms with Crippen molar-refractivity contribution < 1.29 is 38.3 Å². The second-order valence-electron chi connectivity index (χ2n) is 9.17. The second kappa shape index (κ2) is 9.91. The molecule has 0 N–H and O–H groups in total. The molecule has 5 rings (SSSR count). The Morgan fingerprint density at radius 1 is 0.897 bits per heavy atom. The van der Waals surface area contributed by atoms with Crippen LogP contribution in [0.2, 0.25) is 0 Å². The van der Waals surface area contributed by atoms with Crippen LogP contribution in [0, 0.1) is 10.1 Å². The lowest BCUT2D eigenvalue weighted by Crippen LogP contribution is -2.58. The van der Waals surface area contributed by atoms with Crippen LogP contribution < -0.4 is 0 Å². The molecule has 39 heavy (non-hydrogen) atoms. The number of benzene rings is 2. The van der Waals surface area contributed by atoms with E-state index in [1.54, 1.807) is 23.6 Å². The molecule has 2 aromatic heterocycles. The lowest BCUT2D eigenvalue weighted by atomic mass is 9.97. The first-order valence-corrected chi connectivity index (χ1v) is 12.1. The first-order valence-electron chi connectivity index (χ1n) is 12.1. The molecular weight excluding hydrogens is 512 g/mol. The molecule has 202 valence electrons. The standard InChI is InChI=1S/C26H24N4O9/c1-12-22(37-13(2)31)23(38-14(3)32)24(39-15(4)33)26(36-12)29-20-8-6-5-7-17(20)21-25(29)28-19-11-16(30(34)35)9-10-18(19)27-21/h5-12,22-24,26H,1-4H3/t12-,22-,23+,24+,26-/m0/s1. The second-order valence-corrected chi connectivity index (χ2v) is 9.17.